The van der Waals surface area contributed by atoms with E-state index in [-0.39, 0.29) is 22.6 Å². The first-order valence-electron chi connectivity index (χ1n) is 9.07. The molecule has 30 heavy (non-hydrogen) atoms. The van der Waals surface area contributed by atoms with E-state index in [2.05, 4.69) is 5.43 Å². The average Bonchev–Trinajstić information content (AvgIpc) is 2.73. The molecule has 0 fully saturated rings. The van der Waals surface area contributed by atoms with Gasteiger partial charge in [0.15, 0.2) is 0 Å². The van der Waals surface area contributed by atoms with Crippen LogP contribution < -0.4 is 15.0 Å². The summed E-state index contributed by atoms with van der Waals surface area (Å²) in [5, 5.41) is 0. The number of carbonyl (C=O) groups excluding carboxylic acids is 2. The van der Waals surface area contributed by atoms with Gasteiger partial charge in [0.25, 0.3) is 15.9 Å². The van der Waals surface area contributed by atoms with Crippen LogP contribution in [0.15, 0.2) is 83.8 Å². The number of hydrogen-bond acceptors (Lipinski definition) is 5. The molecule has 1 amide bonds. The lowest BCUT2D eigenvalue weighted by Gasteiger charge is -2.12. The van der Waals surface area contributed by atoms with Crippen LogP contribution >= 0.6 is 0 Å². The number of hydrogen-bond donors (Lipinski definition) is 2. The molecule has 0 saturated heterocycles. The third kappa shape index (κ3) is 5.53. The van der Waals surface area contributed by atoms with E-state index in [1.807, 2.05) is 30.0 Å². The summed E-state index contributed by atoms with van der Waals surface area (Å²) in [4.78, 5) is 26.8. The molecular formula is C22H20N2O5S. The second kappa shape index (κ2) is 9.34. The van der Waals surface area contributed by atoms with Crippen molar-refractivity contribution in [3.05, 3.63) is 95.6 Å². The molecule has 3 rings (SSSR count). The number of esters is 1. The topological polar surface area (TPSA) is 102 Å². The van der Waals surface area contributed by atoms with Gasteiger partial charge in [-0.15, -0.1) is 4.83 Å². The molecule has 0 heterocycles. The van der Waals surface area contributed by atoms with Crippen LogP contribution in [0.1, 0.15) is 21.5 Å². The highest BCUT2D eigenvalue weighted by atomic mass is 32.2. The van der Waals surface area contributed by atoms with Crippen LogP contribution in [-0.4, -0.2) is 20.3 Å². The van der Waals surface area contributed by atoms with Gasteiger partial charge in [-0.2, -0.15) is 0 Å². The Bertz CT molecular complexity index is 1140. The van der Waals surface area contributed by atoms with Crippen molar-refractivity contribution in [2.75, 3.05) is 0 Å². The minimum absolute atomic E-state index is 0.0102. The van der Waals surface area contributed by atoms with E-state index in [1.165, 1.54) is 24.3 Å². The second-order valence-corrected chi connectivity index (χ2v) is 8.19. The Morgan fingerprint density at radius 3 is 2.20 bits per heavy atom. The van der Waals surface area contributed by atoms with E-state index in [0.717, 1.165) is 11.1 Å². The molecule has 8 heteroatoms. The first-order chi connectivity index (χ1) is 14.3. The van der Waals surface area contributed by atoms with E-state index in [0.29, 0.717) is 0 Å². The van der Waals surface area contributed by atoms with E-state index >= 15 is 0 Å². The smallest absolute Gasteiger partial charge is 0.315 e. The monoisotopic (exact) mass is 424 g/mol. The number of sulfonamides is 1. The van der Waals surface area contributed by atoms with Crippen LogP contribution in [0.3, 0.4) is 0 Å². The van der Waals surface area contributed by atoms with Crippen LogP contribution in [0.4, 0.5) is 0 Å². The highest BCUT2D eigenvalue weighted by molar-refractivity contribution is 7.89. The maximum absolute atomic E-state index is 12.5. The lowest BCUT2D eigenvalue weighted by molar-refractivity contribution is -0.133. The summed E-state index contributed by atoms with van der Waals surface area (Å²) in [5.74, 6) is -1.26. The van der Waals surface area contributed by atoms with E-state index in [1.54, 1.807) is 36.4 Å². The molecule has 0 aliphatic rings. The number of ether oxygens (including phenoxy) is 1. The normalized spacial score (nSPS) is 11.0. The molecule has 0 aromatic heterocycles. The van der Waals surface area contributed by atoms with Crippen molar-refractivity contribution >= 4 is 21.9 Å². The third-order valence-corrected chi connectivity index (χ3v) is 5.44. The average molecular weight is 424 g/mol. The summed E-state index contributed by atoms with van der Waals surface area (Å²) in [6.45, 7) is 1.83. The molecule has 0 spiro atoms. The fourth-order valence-electron chi connectivity index (χ4n) is 2.62. The molecule has 0 saturated carbocycles. The number of benzene rings is 3. The van der Waals surface area contributed by atoms with Crippen LogP contribution in [0.25, 0.3) is 0 Å². The molecule has 0 aliphatic heterocycles. The molecule has 3 aromatic carbocycles. The third-order valence-electron chi connectivity index (χ3n) is 4.18. The van der Waals surface area contributed by atoms with Crippen molar-refractivity contribution in [1.82, 2.24) is 10.3 Å². The van der Waals surface area contributed by atoms with Gasteiger partial charge in [-0.05, 0) is 36.8 Å². The van der Waals surface area contributed by atoms with Gasteiger partial charge in [0, 0.05) is 0 Å². The maximum Gasteiger partial charge on any atom is 0.315 e. The fraction of sp³-hybridized carbons (Fsp3) is 0.0909. The van der Waals surface area contributed by atoms with Gasteiger partial charge in [0.05, 0.1) is 16.9 Å². The lowest BCUT2D eigenvalue weighted by atomic mass is 10.1. The quantitative estimate of drug-likeness (QED) is 0.345. The van der Waals surface area contributed by atoms with Crippen LogP contribution in [-0.2, 0) is 21.2 Å². The zero-order valence-corrected chi connectivity index (χ0v) is 17.0. The number of hydrazine groups is 1. The predicted octanol–water partition coefficient (Wildman–Crippen LogP) is 2.77. The van der Waals surface area contributed by atoms with Gasteiger partial charge in [-0.1, -0.05) is 60.2 Å². The Kier molecular flexibility index (Phi) is 6.61. The Balaban J connectivity index is 1.68. The highest BCUT2D eigenvalue weighted by Gasteiger charge is 2.19. The number of amides is 1. The van der Waals surface area contributed by atoms with Crippen molar-refractivity contribution in [3.63, 3.8) is 0 Å². The van der Waals surface area contributed by atoms with E-state index in [9.17, 15) is 18.0 Å². The Morgan fingerprint density at radius 1 is 0.867 bits per heavy atom. The van der Waals surface area contributed by atoms with Gasteiger partial charge in [-0.3, -0.25) is 15.0 Å². The Labute approximate surface area is 174 Å². The van der Waals surface area contributed by atoms with Crippen LogP contribution in [0.2, 0.25) is 0 Å². The first kappa shape index (κ1) is 21.2. The SMILES string of the molecule is Cc1ccc(S(=O)(=O)NNC(=O)c2ccccc2OC(=O)Cc2ccccc2)cc1. The largest absolute Gasteiger partial charge is 0.425 e. The Morgan fingerprint density at radius 2 is 1.50 bits per heavy atom. The molecular weight excluding hydrogens is 404 g/mol. The van der Waals surface area contributed by atoms with Crippen molar-refractivity contribution in [1.29, 1.82) is 0 Å². The summed E-state index contributed by atoms with van der Waals surface area (Å²) in [6, 6.07) is 21.3. The molecule has 0 atom stereocenters. The van der Waals surface area contributed by atoms with Crippen LogP contribution in [0.5, 0.6) is 5.75 Å². The molecule has 0 bridgehead atoms. The van der Waals surface area contributed by atoms with Crippen molar-refractivity contribution in [2.45, 2.75) is 18.2 Å². The van der Waals surface area contributed by atoms with Crippen molar-refractivity contribution in [3.8, 4) is 5.75 Å². The van der Waals surface area contributed by atoms with Crippen molar-refractivity contribution < 1.29 is 22.7 Å². The molecule has 154 valence electrons. The lowest BCUT2D eigenvalue weighted by Crippen LogP contribution is -2.41. The van der Waals surface area contributed by atoms with Crippen LogP contribution in [0, 0.1) is 6.92 Å². The summed E-state index contributed by atoms with van der Waals surface area (Å²) < 4.78 is 30.0. The number of nitrogens with one attached hydrogen (secondary N) is 2. The molecule has 0 radical (unpaired) electrons. The molecule has 0 aliphatic carbocycles. The van der Waals surface area contributed by atoms with E-state index < -0.39 is 21.9 Å². The zero-order valence-electron chi connectivity index (χ0n) is 16.2. The minimum atomic E-state index is -3.95. The van der Waals surface area contributed by atoms with Gasteiger partial charge in [0.2, 0.25) is 0 Å². The second-order valence-electron chi connectivity index (χ2n) is 6.51. The molecule has 2 N–H and O–H groups in total. The highest BCUT2D eigenvalue weighted by Crippen LogP contribution is 2.19. The summed E-state index contributed by atoms with van der Waals surface area (Å²) in [7, 11) is -3.95. The minimum Gasteiger partial charge on any atom is -0.425 e. The summed E-state index contributed by atoms with van der Waals surface area (Å²) >= 11 is 0. The number of aryl methyl sites for hydroxylation is 1. The van der Waals surface area contributed by atoms with Gasteiger partial charge in [-0.25, -0.2) is 8.42 Å². The van der Waals surface area contributed by atoms with Gasteiger partial charge in [0.1, 0.15) is 5.75 Å². The fourth-order valence-corrected chi connectivity index (χ4v) is 3.46. The van der Waals surface area contributed by atoms with Crippen molar-refractivity contribution in [2.24, 2.45) is 0 Å². The zero-order chi connectivity index (χ0) is 21.6. The number of para-hydroxylation sites is 1. The maximum atomic E-state index is 12.5. The molecule has 0 unspecified atom stereocenters. The predicted molar refractivity (Wildman–Crippen MR) is 111 cm³/mol. The van der Waals surface area contributed by atoms with Gasteiger partial charge < -0.3 is 4.74 Å². The number of rotatable bonds is 7. The first-order valence-corrected chi connectivity index (χ1v) is 10.6. The molecule has 7 nitrogen and oxygen atoms in total. The van der Waals surface area contributed by atoms with E-state index in [4.69, 9.17) is 4.74 Å². The standard InChI is InChI=1S/C22H20N2O5S/c1-16-11-13-18(14-12-16)30(27,28)24-23-22(26)19-9-5-6-10-20(19)29-21(25)15-17-7-3-2-4-8-17/h2-14,24H,15H2,1H3,(H,23,26). The van der Waals surface area contributed by atoms with Gasteiger partial charge >= 0.3 is 5.97 Å². The summed E-state index contributed by atoms with van der Waals surface area (Å²) in [6.07, 6.45) is 0.0385. The summed E-state index contributed by atoms with van der Waals surface area (Å²) in [5.41, 5.74) is 3.85. The molecule has 3 aromatic rings. The number of carbonyl (C=O) groups is 2. The Hall–Kier alpha value is -3.49.